The third-order valence-electron chi connectivity index (χ3n) is 2.41. The van der Waals surface area contributed by atoms with Crippen LogP contribution in [0.2, 0.25) is 0 Å². The summed E-state index contributed by atoms with van der Waals surface area (Å²) in [5.41, 5.74) is 6.26. The highest BCUT2D eigenvalue weighted by molar-refractivity contribution is 7.92. The van der Waals surface area contributed by atoms with Crippen LogP contribution in [0.1, 0.15) is 5.56 Å². The summed E-state index contributed by atoms with van der Waals surface area (Å²) >= 11 is 0. The summed E-state index contributed by atoms with van der Waals surface area (Å²) in [5.74, 6) is -0.417. The normalized spacial score (nSPS) is 11.3. The molecule has 0 amide bonds. The highest BCUT2D eigenvalue weighted by Crippen LogP contribution is 2.21. The van der Waals surface area contributed by atoms with Crippen molar-refractivity contribution in [2.75, 3.05) is 10.5 Å². The van der Waals surface area contributed by atoms with Gasteiger partial charge in [0.15, 0.2) is 0 Å². The van der Waals surface area contributed by atoms with Gasteiger partial charge in [-0.1, -0.05) is 6.07 Å². The maximum atomic E-state index is 12.9. The van der Waals surface area contributed by atoms with Crippen molar-refractivity contribution < 1.29 is 12.8 Å². The van der Waals surface area contributed by atoms with Gasteiger partial charge in [0.25, 0.3) is 10.0 Å². The number of nitrogens with one attached hydrogen (secondary N) is 1. The molecule has 0 spiro atoms. The SMILES string of the molecule is Cc1ccc(NS(=O)(=O)c2ccc(F)cc2N)nc1. The fraction of sp³-hybridized carbons (Fsp3) is 0.0833. The highest BCUT2D eigenvalue weighted by Gasteiger charge is 2.18. The number of halogens is 1. The van der Waals surface area contributed by atoms with Gasteiger partial charge in [0.1, 0.15) is 16.5 Å². The zero-order chi connectivity index (χ0) is 14.0. The van der Waals surface area contributed by atoms with E-state index in [9.17, 15) is 12.8 Å². The van der Waals surface area contributed by atoms with E-state index in [0.717, 1.165) is 23.8 Å². The first kappa shape index (κ1) is 13.3. The number of nitrogen functional groups attached to an aromatic ring is 1. The third kappa shape index (κ3) is 3.00. The number of hydrogen-bond donors (Lipinski definition) is 2. The van der Waals surface area contributed by atoms with Crippen molar-refractivity contribution in [2.45, 2.75) is 11.8 Å². The Bertz CT molecular complexity index is 699. The van der Waals surface area contributed by atoms with Crippen LogP contribution in [0, 0.1) is 12.7 Å². The largest absolute Gasteiger partial charge is 0.398 e. The number of rotatable bonds is 3. The fourth-order valence-corrected chi connectivity index (χ4v) is 2.61. The van der Waals surface area contributed by atoms with Crippen molar-refractivity contribution in [1.82, 2.24) is 4.98 Å². The molecule has 0 aliphatic heterocycles. The van der Waals surface area contributed by atoms with E-state index in [2.05, 4.69) is 9.71 Å². The minimum atomic E-state index is -3.88. The number of pyridine rings is 1. The average molecular weight is 281 g/mol. The first-order chi connectivity index (χ1) is 8.88. The first-order valence-corrected chi connectivity index (χ1v) is 6.87. The van der Waals surface area contributed by atoms with Crippen molar-refractivity contribution in [1.29, 1.82) is 0 Å². The number of anilines is 2. The first-order valence-electron chi connectivity index (χ1n) is 5.39. The van der Waals surface area contributed by atoms with Gasteiger partial charge >= 0.3 is 0 Å². The zero-order valence-electron chi connectivity index (χ0n) is 10.1. The van der Waals surface area contributed by atoms with E-state index >= 15 is 0 Å². The Kier molecular flexibility index (Phi) is 3.39. The maximum Gasteiger partial charge on any atom is 0.265 e. The number of sulfonamides is 1. The van der Waals surface area contributed by atoms with Crippen LogP contribution in [-0.4, -0.2) is 13.4 Å². The minimum absolute atomic E-state index is 0.153. The lowest BCUT2D eigenvalue weighted by Crippen LogP contribution is -2.15. The van der Waals surface area contributed by atoms with E-state index in [1.807, 2.05) is 6.92 Å². The molecule has 0 unspecified atom stereocenters. The predicted molar refractivity (Wildman–Crippen MR) is 70.6 cm³/mol. The summed E-state index contributed by atoms with van der Waals surface area (Å²) in [6, 6.07) is 6.36. The lowest BCUT2D eigenvalue weighted by atomic mass is 10.3. The molecule has 5 nitrogen and oxygen atoms in total. The number of benzene rings is 1. The molecular formula is C12H12FN3O2S. The second-order valence-corrected chi connectivity index (χ2v) is 5.66. The van der Waals surface area contributed by atoms with Gasteiger partial charge in [0.05, 0.1) is 5.69 Å². The quantitative estimate of drug-likeness (QED) is 0.842. The fourth-order valence-electron chi connectivity index (χ4n) is 1.48. The van der Waals surface area contributed by atoms with Crippen molar-refractivity contribution in [3.63, 3.8) is 0 Å². The molecule has 0 fully saturated rings. The maximum absolute atomic E-state index is 12.9. The van der Waals surface area contributed by atoms with Crippen LogP contribution in [0.3, 0.4) is 0 Å². The van der Waals surface area contributed by atoms with Crippen molar-refractivity contribution in [3.8, 4) is 0 Å². The molecule has 1 aromatic carbocycles. The van der Waals surface area contributed by atoms with E-state index < -0.39 is 15.8 Å². The van der Waals surface area contributed by atoms with Crippen molar-refractivity contribution in [2.24, 2.45) is 0 Å². The highest BCUT2D eigenvalue weighted by atomic mass is 32.2. The summed E-state index contributed by atoms with van der Waals surface area (Å²) in [6.45, 7) is 1.84. The summed E-state index contributed by atoms with van der Waals surface area (Å²) in [6.07, 6.45) is 1.53. The Morgan fingerprint density at radius 2 is 2.00 bits per heavy atom. The number of nitrogens with two attached hydrogens (primary N) is 1. The average Bonchev–Trinajstić information content (AvgIpc) is 2.31. The predicted octanol–water partition coefficient (Wildman–Crippen LogP) is 1.91. The molecule has 2 rings (SSSR count). The minimum Gasteiger partial charge on any atom is -0.398 e. The van der Waals surface area contributed by atoms with E-state index in [0.29, 0.717) is 0 Å². The summed E-state index contributed by atoms with van der Waals surface area (Å²) in [7, 11) is -3.88. The Morgan fingerprint density at radius 3 is 2.58 bits per heavy atom. The Balaban J connectivity index is 2.35. The molecule has 7 heteroatoms. The molecule has 0 atom stereocenters. The number of aryl methyl sites for hydroxylation is 1. The van der Waals surface area contributed by atoms with Gasteiger partial charge in [0, 0.05) is 6.20 Å². The lowest BCUT2D eigenvalue weighted by Gasteiger charge is -2.09. The van der Waals surface area contributed by atoms with E-state index in [4.69, 9.17) is 5.73 Å². The Labute approximate surface area is 110 Å². The zero-order valence-corrected chi connectivity index (χ0v) is 10.9. The molecule has 0 aliphatic rings. The second-order valence-electron chi connectivity index (χ2n) is 4.01. The smallest absolute Gasteiger partial charge is 0.265 e. The third-order valence-corrected chi connectivity index (χ3v) is 3.84. The summed E-state index contributed by atoms with van der Waals surface area (Å²) < 4.78 is 39.3. The lowest BCUT2D eigenvalue weighted by molar-refractivity contribution is 0.600. The molecule has 0 aliphatic carbocycles. The van der Waals surface area contributed by atoms with Crippen LogP contribution in [0.15, 0.2) is 41.4 Å². The van der Waals surface area contributed by atoms with Crippen LogP contribution in [0.5, 0.6) is 0 Å². The van der Waals surface area contributed by atoms with Crippen molar-refractivity contribution >= 4 is 21.5 Å². The molecular weight excluding hydrogens is 269 g/mol. The van der Waals surface area contributed by atoms with Crippen LogP contribution in [-0.2, 0) is 10.0 Å². The van der Waals surface area contributed by atoms with Crippen LogP contribution in [0.4, 0.5) is 15.9 Å². The van der Waals surface area contributed by atoms with E-state index in [1.54, 1.807) is 6.07 Å². The molecule has 2 aromatic rings. The summed E-state index contributed by atoms with van der Waals surface area (Å²) in [4.78, 5) is 3.75. The summed E-state index contributed by atoms with van der Waals surface area (Å²) in [5, 5.41) is 0. The van der Waals surface area contributed by atoms with Gasteiger partial charge in [-0.3, -0.25) is 4.72 Å². The molecule has 19 heavy (non-hydrogen) atoms. The van der Waals surface area contributed by atoms with E-state index in [-0.39, 0.29) is 16.4 Å². The van der Waals surface area contributed by atoms with Gasteiger partial charge in [-0.25, -0.2) is 17.8 Å². The molecule has 100 valence electrons. The standard InChI is InChI=1S/C12H12FN3O2S/c1-8-2-5-12(15-7-8)16-19(17,18)11-4-3-9(13)6-10(11)14/h2-7H,14H2,1H3,(H,15,16). The Hall–Kier alpha value is -2.15. The topological polar surface area (TPSA) is 85.1 Å². The van der Waals surface area contributed by atoms with Gasteiger partial charge in [0.2, 0.25) is 0 Å². The Morgan fingerprint density at radius 1 is 1.26 bits per heavy atom. The molecule has 1 heterocycles. The number of nitrogens with zero attached hydrogens (tertiary/aromatic N) is 1. The molecule has 0 saturated heterocycles. The molecule has 0 saturated carbocycles. The number of aromatic nitrogens is 1. The van der Waals surface area contributed by atoms with Gasteiger partial charge in [-0.05, 0) is 36.8 Å². The van der Waals surface area contributed by atoms with Crippen LogP contribution < -0.4 is 10.5 Å². The van der Waals surface area contributed by atoms with Crippen molar-refractivity contribution in [3.05, 3.63) is 47.9 Å². The molecule has 0 radical (unpaired) electrons. The van der Waals surface area contributed by atoms with Gasteiger partial charge < -0.3 is 5.73 Å². The number of hydrogen-bond acceptors (Lipinski definition) is 4. The molecule has 1 aromatic heterocycles. The van der Waals surface area contributed by atoms with Crippen LogP contribution >= 0.6 is 0 Å². The molecule has 0 bridgehead atoms. The second kappa shape index (κ2) is 4.85. The molecule has 3 N–H and O–H groups in total. The van der Waals surface area contributed by atoms with Crippen LogP contribution in [0.25, 0.3) is 0 Å². The monoisotopic (exact) mass is 281 g/mol. The van der Waals surface area contributed by atoms with Gasteiger partial charge in [-0.15, -0.1) is 0 Å². The van der Waals surface area contributed by atoms with E-state index in [1.165, 1.54) is 12.3 Å². The van der Waals surface area contributed by atoms with Gasteiger partial charge in [-0.2, -0.15) is 0 Å².